The summed E-state index contributed by atoms with van der Waals surface area (Å²) >= 11 is 0. The lowest BCUT2D eigenvalue weighted by atomic mass is 10.0. The summed E-state index contributed by atoms with van der Waals surface area (Å²) < 4.78 is 0. The first-order chi connectivity index (χ1) is 19.3. The number of carbonyl (C=O) groups is 4. The van der Waals surface area contributed by atoms with Crippen molar-refractivity contribution >= 4 is 35.6 Å². The Morgan fingerprint density at radius 3 is 1.71 bits per heavy atom. The molecule has 0 aliphatic heterocycles. The highest BCUT2D eigenvalue weighted by molar-refractivity contribution is 5.94. The van der Waals surface area contributed by atoms with E-state index in [9.17, 15) is 34.5 Å². The Hall–Kier alpha value is -4.64. The van der Waals surface area contributed by atoms with Crippen LogP contribution < -0.4 is 44.6 Å². The third kappa shape index (κ3) is 13.8. The highest BCUT2D eigenvalue weighted by Crippen LogP contribution is 2.12. The Bertz CT molecular complexity index is 1070. The van der Waals surface area contributed by atoms with Crippen molar-refractivity contribution in [1.82, 2.24) is 16.0 Å². The summed E-state index contributed by atoms with van der Waals surface area (Å²) in [5.74, 6) is -4.02. The molecule has 0 aliphatic carbocycles. The van der Waals surface area contributed by atoms with E-state index in [1.54, 1.807) is 0 Å². The molecule has 17 nitrogen and oxygen atoms in total. The van der Waals surface area contributed by atoms with Crippen LogP contribution in [0.2, 0.25) is 0 Å². The fourth-order valence-corrected chi connectivity index (χ4v) is 3.52. The van der Waals surface area contributed by atoms with Gasteiger partial charge in [-0.25, -0.2) is 4.79 Å². The second-order valence-corrected chi connectivity index (χ2v) is 9.08. The van der Waals surface area contributed by atoms with E-state index in [0.29, 0.717) is 5.56 Å². The van der Waals surface area contributed by atoms with Crippen LogP contribution in [-0.2, 0) is 25.6 Å². The number of aliphatic hydroxyl groups is 1. The van der Waals surface area contributed by atoms with Crippen LogP contribution in [0.1, 0.15) is 31.2 Å². The molecule has 0 aromatic heterocycles. The fourth-order valence-electron chi connectivity index (χ4n) is 3.52. The van der Waals surface area contributed by atoms with Crippen LogP contribution in [0.15, 0.2) is 34.3 Å². The average Bonchev–Trinajstić information content (AvgIpc) is 2.91. The monoisotopic (exact) mass is 580 g/mol. The van der Waals surface area contributed by atoms with Gasteiger partial charge in [0.1, 0.15) is 29.9 Å². The van der Waals surface area contributed by atoms with E-state index in [1.165, 1.54) is 24.3 Å². The normalized spacial score (nSPS) is 13.5. The molecular formula is C24H40N10O7. The number of aliphatic imine (C=N–C) groups is 2. The predicted molar refractivity (Wildman–Crippen MR) is 150 cm³/mol. The number of aliphatic hydroxyl groups excluding tert-OH is 1. The van der Waals surface area contributed by atoms with E-state index in [0.717, 1.165) is 0 Å². The van der Waals surface area contributed by atoms with E-state index in [-0.39, 0.29) is 62.9 Å². The maximum absolute atomic E-state index is 13.3. The summed E-state index contributed by atoms with van der Waals surface area (Å²) in [4.78, 5) is 58.2. The van der Waals surface area contributed by atoms with Crippen LogP contribution in [0, 0.1) is 0 Å². The summed E-state index contributed by atoms with van der Waals surface area (Å²) in [6.07, 6.45) is 0.460. The van der Waals surface area contributed by atoms with Crippen molar-refractivity contribution in [2.75, 3.05) is 19.7 Å². The lowest BCUT2D eigenvalue weighted by molar-refractivity contribution is -0.142. The summed E-state index contributed by atoms with van der Waals surface area (Å²) in [6.45, 7) is -0.397. The highest BCUT2D eigenvalue weighted by Gasteiger charge is 2.30. The molecule has 0 bridgehead atoms. The molecule has 17 heteroatoms. The number of carboxylic acids is 1. The van der Waals surface area contributed by atoms with Gasteiger partial charge >= 0.3 is 5.97 Å². The van der Waals surface area contributed by atoms with E-state index in [2.05, 4.69) is 25.9 Å². The molecule has 0 saturated carbocycles. The third-order valence-corrected chi connectivity index (χ3v) is 5.68. The topological polar surface area (TPSA) is 320 Å². The quantitative estimate of drug-likeness (QED) is 0.0448. The SMILES string of the molecule is NC(N)=NCCCC(NC(=O)C(CCCN=C(N)N)NC(=O)C(Cc1ccc(O)cc1)NC(=O)C(N)CO)C(=O)O. The number of nitrogens with one attached hydrogen (secondary N) is 3. The number of aromatic hydroxyl groups is 1. The van der Waals surface area contributed by atoms with Crippen LogP contribution in [0.3, 0.4) is 0 Å². The van der Waals surface area contributed by atoms with E-state index in [4.69, 9.17) is 28.7 Å². The maximum Gasteiger partial charge on any atom is 0.326 e. The number of aliphatic carboxylic acids is 1. The van der Waals surface area contributed by atoms with Crippen LogP contribution >= 0.6 is 0 Å². The highest BCUT2D eigenvalue weighted by atomic mass is 16.4. The Morgan fingerprint density at radius 2 is 1.22 bits per heavy atom. The lowest BCUT2D eigenvalue weighted by Crippen LogP contribution is -2.58. The molecule has 1 rings (SSSR count). The molecule has 16 N–H and O–H groups in total. The number of nitrogens with two attached hydrogens (primary N) is 5. The summed E-state index contributed by atoms with van der Waals surface area (Å²) in [5, 5.41) is 35.8. The van der Waals surface area contributed by atoms with Gasteiger partial charge in [-0.2, -0.15) is 0 Å². The van der Waals surface area contributed by atoms with Crippen LogP contribution in [0.4, 0.5) is 0 Å². The van der Waals surface area contributed by atoms with Gasteiger partial charge in [-0.05, 0) is 43.4 Å². The van der Waals surface area contributed by atoms with Crippen LogP contribution in [0.5, 0.6) is 5.75 Å². The van der Waals surface area contributed by atoms with Crippen molar-refractivity contribution in [1.29, 1.82) is 0 Å². The number of rotatable bonds is 18. The number of amides is 3. The molecule has 0 spiro atoms. The van der Waals surface area contributed by atoms with Gasteiger partial charge in [0.15, 0.2) is 11.9 Å². The van der Waals surface area contributed by atoms with Crippen molar-refractivity contribution in [2.24, 2.45) is 38.7 Å². The van der Waals surface area contributed by atoms with Gasteiger partial charge in [-0.1, -0.05) is 12.1 Å². The van der Waals surface area contributed by atoms with Crippen LogP contribution in [0.25, 0.3) is 0 Å². The van der Waals surface area contributed by atoms with Gasteiger partial charge in [0.05, 0.1) is 6.61 Å². The van der Waals surface area contributed by atoms with Gasteiger partial charge in [-0.15, -0.1) is 0 Å². The Balaban J connectivity index is 3.13. The fraction of sp³-hybridized carbons (Fsp3) is 0.500. The zero-order valence-electron chi connectivity index (χ0n) is 22.5. The number of hydrogen-bond donors (Lipinski definition) is 11. The minimum atomic E-state index is -1.31. The molecule has 0 radical (unpaired) electrons. The number of carboxylic acid groups (broad SMARTS) is 1. The number of guanidine groups is 2. The molecular weight excluding hydrogens is 540 g/mol. The van der Waals surface area contributed by atoms with Gasteiger partial charge < -0.3 is 59.9 Å². The molecule has 4 atom stereocenters. The van der Waals surface area contributed by atoms with Gasteiger partial charge in [-0.3, -0.25) is 24.4 Å². The summed E-state index contributed by atoms with van der Waals surface area (Å²) in [6, 6.07) is 0.771. The van der Waals surface area contributed by atoms with E-state index in [1.807, 2.05) is 0 Å². The number of phenolic OH excluding ortho intramolecular Hbond substituents is 1. The summed E-state index contributed by atoms with van der Waals surface area (Å²) in [7, 11) is 0. The zero-order valence-corrected chi connectivity index (χ0v) is 22.5. The molecule has 1 aromatic carbocycles. The van der Waals surface area contributed by atoms with Gasteiger partial charge in [0.25, 0.3) is 0 Å². The molecule has 0 fully saturated rings. The number of nitrogens with zero attached hydrogens (tertiary/aromatic N) is 2. The molecule has 4 unspecified atom stereocenters. The Morgan fingerprint density at radius 1 is 0.756 bits per heavy atom. The first kappa shape index (κ1) is 34.4. The predicted octanol–water partition coefficient (Wildman–Crippen LogP) is -4.10. The Labute approximate surface area is 236 Å². The first-order valence-corrected chi connectivity index (χ1v) is 12.7. The molecule has 0 heterocycles. The lowest BCUT2D eigenvalue weighted by Gasteiger charge is -2.25. The zero-order chi connectivity index (χ0) is 30.9. The van der Waals surface area contributed by atoms with Crippen molar-refractivity contribution < 1.29 is 34.5 Å². The minimum absolute atomic E-state index is 0.00506. The molecule has 228 valence electrons. The second kappa shape index (κ2) is 17.9. The number of benzene rings is 1. The van der Waals surface area contributed by atoms with Gasteiger partial charge in [0.2, 0.25) is 17.7 Å². The van der Waals surface area contributed by atoms with Crippen molar-refractivity contribution in [3.8, 4) is 5.75 Å². The maximum atomic E-state index is 13.3. The second-order valence-electron chi connectivity index (χ2n) is 9.08. The summed E-state index contributed by atoms with van der Waals surface area (Å²) in [5.41, 5.74) is 27.3. The largest absolute Gasteiger partial charge is 0.508 e. The molecule has 0 aliphatic rings. The molecule has 1 aromatic rings. The minimum Gasteiger partial charge on any atom is -0.508 e. The van der Waals surface area contributed by atoms with Crippen molar-refractivity contribution in [3.05, 3.63) is 29.8 Å². The number of phenols is 1. The average molecular weight is 581 g/mol. The van der Waals surface area contributed by atoms with Gasteiger partial charge in [0, 0.05) is 19.5 Å². The smallest absolute Gasteiger partial charge is 0.326 e. The first-order valence-electron chi connectivity index (χ1n) is 12.7. The standard InChI is InChI=1S/C24H40N10O7/c25-15(12-35)19(37)34-18(11-13-5-7-14(36)8-6-13)21(39)32-16(3-1-9-30-23(26)27)20(38)33-17(22(40)41)4-2-10-31-24(28)29/h5-8,15-18,35-36H,1-4,9-12,25H2,(H,32,39)(H,33,38)(H,34,37)(H,40,41)(H4,26,27,30)(H4,28,29,31). The Kier molecular flexibility index (Phi) is 15.0. The van der Waals surface area contributed by atoms with Crippen molar-refractivity contribution in [3.63, 3.8) is 0 Å². The third-order valence-electron chi connectivity index (χ3n) is 5.68. The van der Waals surface area contributed by atoms with E-state index >= 15 is 0 Å². The van der Waals surface area contributed by atoms with Crippen molar-refractivity contribution in [2.45, 2.75) is 56.3 Å². The molecule has 0 saturated heterocycles. The number of hydrogen-bond acceptors (Lipinski definition) is 9. The molecule has 3 amide bonds. The van der Waals surface area contributed by atoms with E-state index < -0.39 is 54.5 Å². The van der Waals surface area contributed by atoms with Crippen LogP contribution in [-0.4, -0.2) is 94.8 Å². The number of carbonyl (C=O) groups excluding carboxylic acids is 3. The molecule has 41 heavy (non-hydrogen) atoms.